The smallest absolute Gasteiger partial charge is 0.233 e. The fraction of sp³-hybridized carbons (Fsp3) is 0.333. The Morgan fingerprint density at radius 2 is 2.00 bits per heavy atom. The molecule has 162 valence electrons. The molecule has 0 radical (unpaired) electrons. The van der Waals surface area contributed by atoms with Crippen LogP contribution >= 0.6 is 11.3 Å². The van der Waals surface area contributed by atoms with Gasteiger partial charge in [-0.05, 0) is 68.1 Å². The molecule has 2 atom stereocenters. The first kappa shape index (κ1) is 19.6. The first-order chi connectivity index (χ1) is 15.7. The monoisotopic (exact) mass is 444 g/mol. The van der Waals surface area contributed by atoms with Crippen molar-refractivity contribution in [2.24, 2.45) is 5.92 Å². The minimum atomic E-state index is 0.120. The number of thiazole rings is 1. The lowest BCUT2D eigenvalue weighted by molar-refractivity contribution is -0.0599. The van der Waals surface area contributed by atoms with Gasteiger partial charge in [-0.15, -0.1) is 10.2 Å². The molecule has 2 bridgehead atoms. The fourth-order valence-electron chi connectivity index (χ4n) is 5.06. The lowest BCUT2D eigenvalue weighted by Gasteiger charge is -2.50. The van der Waals surface area contributed by atoms with Gasteiger partial charge in [0.1, 0.15) is 6.10 Å². The molecule has 7 nitrogen and oxygen atoms in total. The molecule has 2 N–H and O–H groups in total. The molecule has 7 rings (SSSR count). The molecule has 8 heteroatoms. The number of anilines is 1. The number of nitrogens with zero attached hydrogens (tertiary/aromatic N) is 5. The van der Waals surface area contributed by atoms with Gasteiger partial charge in [0.2, 0.25) is 5.88 Å². The Morgan fingerprint density at radius 1 is 1.09 bits per heavy atom. The molecule has 6 heterocycles. The summed E-state index contributed by atoms with van der Waals surface area (Å²) in [6.07, 6.45) is 7.20. The topological polar surface area (TPSA) is 90.1 Å². The number of hydrogen-bond donors (Lipinski definition) is 1. The third-order valence-electron chi connectivity index (χ3n) is 6.65. The van der Waals surface area contributed by atoms with E-state index in [1.807, 2.05) is 42.7 Å². The summed E-state index contributed by atoms with van der Waals surface area (Å²) in [6.45, 7) is 2.29. The summed E-state index contributed by atoms with van der Waals surface area (Å²) in [5.74, 6) is 1.15. The van der Waals surface area contributed by atoms with Crippen LogP contribution in [0.25, 0.3) is 21.5 Å². The number of nitrogens with two attached hydrogens (primary N) is 1. The summed E-state index contributed by atoms with van der Waals surface area (Å²) in [5, 5.41) is 9.45. The van der Waals surface area contributed by atoms with E-state index < -0.39 is 0 Å². The number of nitrogen functional groups attached to an aromatic ring is 1. The normalized spacial score (nSPS) is 24.6. The van der Waals surface area contributed by atoms with E-state index in [9.17, 15) is 0 Å². The second kappa shape index (κ2) is 8.11. The molecule has 4 aromatic rings. The number of piperidine rings is 3. The molecule has 0 aliphatic carbocycles. The van der Waals surface area contributed by atoms with Crippen LogP contribution < -0.4 is 10.5 Å². The van der Waals surface area contributed by atoms with Gasteiger partial charge in [-0.3, -0.25) is 9.88 Å². The Morgan fingerprint density at radius 3 is 2.78 bits per heavy atom. The van der Waals surface area contributed by atoms with Crippen molar-refractivity contribution in [3.63, 3.8) is 0 Å². The second-order valence-electron chi connectivity index (χ2n) is 8.58. The van der Waals surface area contributed by atoms with E-state index in [0.29, 0.717) is 23.0 Å². The van der Waals surface area contributed by atoms with Gasteiger partial charge in [-0.25, -0.2) is 4.98 Å². The van der Waals surface area contributed by atoms with Crippen molar-refractivity contribution in [3.8, 4) is 17.1 Å². The molecule has 0 amide bonds. The summed E-state index contributed by atoms with van der Waals surface area (Å²) < 4.78 is 7.53. The van der Waals surface area contributed by atoms with E-state index >= 15 is 0 Å². The highest BCUT2D eigenvalue weighted by atomic mass is 32.1. The molecule has 0 spiro atoms. The molecule has 32 heavy (non-hydrogen) atoms. The van der Waals surface area contributed by atoms with Gasteiger partial charge in [-0.2, -0.15) is 0 Å². The Hall–Kier alpha value is -3.10. The molecule has 3 aromatic heterocycles. The summed E-state index contributed by atoms with van der Waals surface area (Å²) in [4.78, 5) is 11.2. The van der Waals surface area contributed by atoms with Crippen LogP contribution in [0.1, 0.15) is 18.4 Å². The predicted octanol–water partition coefficient (Wildman–Crippen LogP) is 3.81. The lowest BCUT2D eigenvalue weighted by Crippen LogP contribution is -2.60. The minimum Gasteiger partial charge on any atom is -0.471 e. The number of hydrogen-bond acceptors (Lipinski definition) is 8. The van der Waals surface area contributed by atoms with Crippen molar-refractivity contribution in [1.29, 1.82) is 0 Å². The molecule has 3 aliphatic heterocycles. The van der Waals surface area contributed by atoms with Gasteiger partial charge >= 0.3 is 0 Å². The highest BCUT2D eigenvalue weighted by molar-refractivity contribution is 7.22. The van der Waals surface area contributed by atoms with E-state index in [1.54, 1.807) is 0 Å². The van der Waals surface area contributed by atoms with Crippen molar-refractivity contribution < 1.29 is 4.74 Å². The molecular formula is C24H24N6OS. The van der Waals surface area contributed by atoms with Gasteiger partial charge in [0.25, 0.3) is 0 Å². The average molecular weight is 445 g/mol. The summed E-state index contributed by atoms with van der Waals surface area (Å²) >= 11 is 1.48. The van der Waals surface area contributed by atoms with Gasteiger partial charge < -0.3 is 10.5 Å². The number of aromatic nitrogens is 4. The average Bonchev–Trinajstić information content (AvgIpc) is 3.21. The zero-order chi connectivity index (χ0) is 21.5. The van der Waals surface area contributed by atoms with Crippen LogP contribution in [-0.2, 0) is 6.42 Å². The van der Waals surface area contributed by atoms with Crippen LogP contribution in [0.2, 0.25) is 0 Å². The van der Waals surface area contributed by atoms with Crippen LogP contribution in [0.15, 0.2) is 54.9 Å². The van der Waals surface area contributed by atoms with Gasteiger partial charge in [0, 0.05) is 24.0 Å². The highest BCUT2D eigenvalue weighted by Gasteiger charge is 2.43. The molecule has 3 saturated heterocycles. The van der Waals surface area contributed by atoms with Crippen molar-refractivity contribution in [2.45, 2.75) is 31.4 Å². The van der Waals surface area contributed by atoms with E-state index in [-0.39, 0.29) is 6.10 Å². The van der Waals surface area contributed by atoms with Crippen molar-refractivity contribution in [3.05, 3.63) is 60.4 Å². The van der Waals surface area contributed by atoms with Crippen LogP contribution in [0.3, 0.4) is 0 Å². The Kier molecular flexibility index (Phi) is 4.96. The van der Waals surface area contributed by atoms with Crippen molar-refractivity contribution in [2.75, 3.05) is 18.8 Å². The van der Waals surface area contributed by atoms with E-state index in [2.05, 4.69) is 37.2 Å². The zero-order valence-corrected chi connectivity index (χ0v) is 18.4. The molecule has 3 fully saturated rings. The highest BCUT2D eigenvalue weighted by Crippen LogP contribution is 2.36. The lowest BCUT2D eigenvalue weighted by atomic mass is 9.78. The van der Waals surface area contributed by atoms with Crippen LogP contribution in [-0.4, -0.2) is 50.3 Å². The zero-order valence-electron chi connectivity index (χ0n) is 17.6. The number of pyridine rings is 1. The van der Waals surface area contributed by atoms with E-state index in [4.69, 9.17) is 10.5 Å². The molecule has 0 saturated carbocycles. The number of benzene rings is 1. The SMILES string of the molecule is Nc1nc2ccc(-c3ccc(OC4C5CCN(CC5)C4Cc4cccnc4)nn3)cc2s1. The maximum atomic E-state index is 6.48. The van der Waals surface area contributed by atoms with Crippen molar-refractivity contribution >= 4 is 26.7 Å². The van der Waals surface area contributed by atoms with E-state index in [1.165, 1.54) is 29.7 Å². The van der Waals surface area contributed by atoms with Gasteiger partial charge in [-0.1, -0.05) is 23.5 Å². The third-order valence-corrected chi connectivity index (χ3v) is 7.50. The molecule has 1 aromatic carbocycles. The van der Waals surface area contributed by atoms with Crippen LogP contribution in [0.5, 0.6) is 5.88 Å². The number of ether oxygens (including phenoxy) is 1. The first-order valence-electron chi connectivity index (χ1n) is 11.0. The summed E-state index contributed by atoms with van der Waals surface area (Å²) in [5.41, 5.74) is 9.80. The third kappa shape index (κ3) is 3.69. The van der Waals surface area contributed by atoms with Gasteiger partial charge in [0.15, 0.2) is 5.13 Å². The second-order valence-corrected chi connectivity index (χ2v) is 9.64. The number of fused-ring (bicyclic) bond motifs is 4. The summed E-state index contributed by atoms with van der Waals surface area (Å²) in [6, 6.07) is 14.4. The molecule has 2 unspecified atom stereocenters. The van der Waals surface area contributed by atoms with Crippen LogP contribution in [0.4, 0.5) is 5.13 Å². The van der Waals surface area contributed by atoms with Crippen molar-refractivity contribution in [1.82, 2.24) is 25.1 Å². The Bertz CT molecular complexity index is 1220. The quantitative estimate of drug-likeness (QED) is 0.500. The maximum absolute atomic E-state index is 6.48. The van der Waals surface area contributed by atoms with Gasteiger partial charge in [0.05, 0.1) is 22.0 Å². The van der Waals surface area contributed by atoms with Crippen LogP contribution in [0, 0.1) is 5.92 Å². The fourth-order valence-corrected chi connectivity index (χ4v) is 5.83. The maximum Gasteiger partial charge on any atom is 0.233 e. The largest absolute Gasteiger partial charge is 0.471 e. The number of rotatable bonds is 5. The summed E-state index contributed by atoms with van der Waals surface area (Å²) in [7, 11) is 0. The predicted molar refractivity (Wildman–Crippen MR) is 126 cm³/mol. The van der Waals surface area contributed by atoms with E-state index in [0.717, 1.165) is 41.0 Å². The molecular weight excluding hydrogens is 420 g/mol. The Balaban J connectivity index is 1.22. The minimum absolute atomic E-state index is 0.120. The Labute approximate surface area is 190 Å². The standard InChI is InChI=1S/C24H24N6OS/c25-24-27-19-4-3-17(13-21(19)32-24)18-5-6-22(29-28-18)31-23-16-7-10-30(11-8-16)20(23)12-15-2-1-9-26-14-15/h1-6,9,13-14,16,20,23H,7-8,10-12H2,(H2,25,27). The first-order valence-corrected chi connectivity index (χ1v) is 11.8. The molecule has 3 aliphatic rings.